The fourth-order valence-electron chi connectivity index (χ4n) is 1.33. The molecule has 90 valence electrons. The van der Waals surface area contributed by atoms with Gasteiger partial charge in [0.2, 0.25) is 5.91 Å². The van der Waals surface area contributed by atoms with Crippen LogP contribution in [-0.4, -0.2) is 49.6 Å². The van der Waals surface area contributed by atoms with E-state index in [9.17, 15) is 4.79 Å². The lowest BCUT2D eigenvalue weighted by Crippen LogP contribution is -2.42. The van der Waals surface area contributed by atoms with Crippen molar-refractivity contribution in [1.29, 1.82) is 0 Å². The number of nitrogens with one attached hydrogen (secondary N) is 2. The van der Waals surface area contributed by atoms with E-state index in [0.29, 0.717) is 6.54 Å². The second kappa shape index (κ2) is 8.68. The van der Waals surface area contributed by atoms with Crippen LogP contribution in [0.5, 0.6) is 0 Å². The number of nitrogens with zero attached hydrogens (tertiary/aromatic N) is 1. The topological polar surface area (TPSA) is 44.4 Å². The van der Waals surface area contributed by atoms with Gasteiger partial charge in [-0.05, 0) is 26.9 Å². The summed E-state index contributed by atoms with van der Waals surface area (Å²) in [6, 6.07) is 0.227. The van der Waals surface area contributed by atoms with Gasteiger partial charge in [0, 0.05) is 19.1 Å². The molecule has 0 radical (unpaired) electrons. The molecule has 15 heavy (non-hydrogen) atoms. The maximum atomic E-state index is 11.5. The van der Waals surface area contributed by atoms with Crippen LogP contribution in [0.2, 0.25) is 0 Å². The highest BCUT2D eigenvalue weighted by Gasteiger charge is 2.08. The Bertz CT molecular complexity index is 171. The normalized spacial score (nSPS) is 11.1. The third kappa shape index (κ3) is 8.39. The molecule has 0 aliphatic heterocycles. The Kier molecular flexibility index (Phi) is 8.33. The summed E-state index contributed by atoms with van der Waals surface area (Å²) in [7, 11) is 0. The number of hydrogen-bond acceptors (Lipinski definition) is 3. The average molecular weight is 215 g/mol. The van der Waals surface area contributed by atoms with E-state index in [2.05, 4.69) is 29.4 Å². The van der Waals surface area contributed by atoms with Crippen molar-refractivity contribution < 1.29 is 4.79 Å². The first-order valence-corrected chi connectivity index (χ1v) is 5.82. The molecule has 0 atom stereocenters. The van der Waals surface area contributed by atoms with Gasteiger partial charge in [0.1, 0.15) is 0 Å². The number of carbonyl (C=O) groups excluding carboxylic acids is 1. The minimum Gasteiger partial charge on any atom is -0.353 e. The van der Waals surface area contributed by atoms with E-state index in [-0.39, 0.29) is 11.9 Å². The zero-order valence-electron chi connectivity index (χ0n) is 10.5. The molecule has 0 rings (SSSR count). The second-order valence-corrected chi connectivity index (χ2v) is 3.94. The Morgan fingerprint density at radius 2 is 2.00 bits per heavy atom. The van der Waals surface area contributed by atoms with Gasteiger partial charge in [-0.25, -0.2) is 0 Å². The smallest absolute Gasteiger partial charge is 0.234 e. The molecule has 4 nitrogen and oxygen atoms in total. The van der Waals surface area contributed by atoms with E-state index >= 15 is 0 Å². The molecule has 0 aromatic rings. The van der Waals surface area contributed by atoms with E-state index in [1.54, 1.807) is 0 Å². The summed E-state index contributed by atoms with van der Waals surface area (Å²) in [6.07, 6.45) is 0. The SMILES string of the molecule is CCNCCN(CC)CC(=O)NC(C)C. The molecule has 0 unspecified atom stereocenters. The average Bonchev–Trinajstić information content (AvgIpc) is 2.15. The van der Waals surface area contributed by atoms with Gasteiger partial charge in [-0.15, -0.1) is 0 Å². The summed E-state index contributed by atoms with van der Waals surface area (Å²) < 4.78 is 0. The summed E-state index contributed by atoms with van der Waals surface area (Å²) in [4.78, 5) is 13.6. The first-order chi connectivity index (χ1) is 7.10. The van der Waals surface area contributed by atoms with Crippen LogP contribution in [-0.2, 0) is 4.79 Å². The van der Waals surface area contributed by atoms with Gasteiger partial charge >= 0.3 is 0 Å². The number of amides is 1. The van der Waals surface area contributed by atoms with Gasteiger partial charge in [-0.3, -0.25) is 9.69 Å². The van der Waals surface area contributed by atoms with Gasteiger partial charge < -0.3 is 10.6 Å². The van der Waals surface area contributed by atoms with Gasteiger partial charge in [-0.1, -0.05) is 13.8 Å². The minimum atomic E-state index is 0.114. The van der Waals surface area contributed by atoms with Crippen molar-refractivity contribution in [1.82, 2.24) is 15.5 Å². The second-order valence-electron chi connectivity index (χ2n) is 3.94. The first kappa shape index (κ1) is 14.4. The predicted molar refractivity (Wildman–Crippen MR) is 63.9 cm³/mol. The Morgan fingerprint density at radius 1 is 1.33 bits per heavy atom. The summed E-state index contributed by atoms with van der Waals surface area (Å²) >= 11 is 0. The van der Waals surface area contributed by atoms with Crippen molar-refractivity contribution in [2.45, 2.75) is 33.7 Å². The molecule has 2 N–H and O–H groups in total. The van der Waals surface area contributed by atoms with Gasteiger partial charge in [0.25, 0.3) is 0 Å². The Labute approximate surface area is 93.4 Å². The van der Waals surface area contributed by atoms with Gasteiger partial charge in [0.05, 0.1) is 6.54 Å². The standard InChI is InChI=1S/C11H25N3O/c1-5-12-7-8-14(6-2)9-11(15)13-10(3)4/h10,12H,5-9H2,1-4H3,(H,13,15). The molecule has 1 amide bonds. The summed E-state index contributed by atoms with van der Waals surface area (Å²) in [5.74, 6) is 0.114. The Hall–Kier alpha value is -0.610. The van der Waals surface area contributed by atoms with Crippen molar-refractivity contribution in [3.63, 3.8) is 0 Å². The molecule has 0 saturated carbocycles. The van der Waals surface area contributed by atoms with Gasteiger partial charge in [-0.2, -0.15) is 0 Å². The van der Waals surface area contributed by atoms with E-state index in [4.69, 9.17) is 0 Å². The van der Waals surface area contributed by atoms with Crippen LogP contribution in [0.3, 0.4) is 0 Å². The molecule has 0 aliphatic carbocycles. The lowest BCUT2D eigenvalue weighted by Gasteiger charge is -2.20. The van der Waals surface area contributed by atoms with Crippen molar-refractivity contribution >= 4 is 5.91 Å². The number of carbonyl (C=O) groups is 1. The summed E-state index contributed by atoms with van der Waals surface area (Å²) in [5, 5.41) is 6.15. The van der Waals surface area contributed by atoms with Crippen LogP contribution in [0, 0.1) is 0 Å². The highest BCUT2D eigenvalue weighted by molar-refractivity contribution is 5.78. The van der Waals surface area contributed by atoms with Crippen LogP contribution in [0.1, 0.15) is 27.7 Å². The van der Waals surface area contributed by atoms with Crippen LogP contribution in [0.15, 0.2) is 0 Å². The molecule has 0 fully saturated rings. The lowest BCUT2D eigenvalue weighted by atomic mass is 10.3. The maximum absolute atomic E-state index is 11.5. The highest BCUT2D eigenvalue weighted by atomic mass is 16.2. The largest absolute Gasteiger partial charge is 0.353 e. The number of rotatable bonds is 8. The van der Waals surface area contributed by atoms with Crippen LogP contribution < -0.4 is 10.6 Å². The third-order valence-corrected chi connectivity index (χ3v) is 2.12. The van der Waals surface area contributed by atoms with Crippen molar-refractivity contribution in [2.75, 3.05) is 32.7 Å². The van der Waals surface area contributed by atoms with Crippen LogP contribution >= 0.6 is 0 Å². The van der Waals surface area contributed by atoms with E-state index in [1.165, 1.54) is 0 Å². The molecule has 0 saturated heterocycles. The van der Waals surface area contributed by atoms with Crippen molar-refractivity contribution in [3.8, 4) is 0 Å². The molecule has 0 aromatic carbocycles. The van der Waals surface area contributed by atoms with E-state index < -0.39 is 0 Å². The zero-order chi connectivity index (χ0) is 11.7. The predicted octanol–water partition coefficient (Wildman–Crippen LogP) is 0.442. The fourth-order valence-corrected chi connectivity index (χ4v) is 1.33. The third-order valence-electron chi connectivity index (χ3n) is 2.12. The monoisotopic (exact) mass is 215 g/mol. The lowest BCUT2D eigenvalue weighted by molar-refractivity contribution is -0.122. The number of hydrogen-bond donors (Lipinski definition) is 2. The Morgan fingerprint density at radius 3 is 2.47 bits per heavy atom. The minimum absolute atomic E-state index is 0.114. The molecule has 0 aliphatic rings. The van der Waals surface area contributed by atoms with Crippen LogP contribution in [0.4, 0.5) is 0 Å². The fraction of sp³-hybridized carbons (Fsp3) is 0.909. The molecular formula is C11H25N3O. The summed E-state index contributed by atoms with van der Waals surface area (Å²) in [5.41, 5.74) is 0. The summed E-state index contributed by atoms with van der Waals surface area (Å²) in [6.45, 7) is 12.4. The van der Waals surface area contributed by atoms with Crippen LogP contribution in [0.25, 0.3) is 0 Å². The Balaban J connectivity index is 3.72. The van der Waals surface area contributed by atoms with Crippen molar-refractivity contribution in [3.05, 3.63) is 0 Å². The molecule has 0 aromatic heterocycles. The van der Waals surface area contributed by atoms with Gasteiger partial charge in [0.15, 0.2) is 0 Å². The van der Waals surface area contributed by atoms with Crippen molar-refractivity contribution in [2.24, 2.45) is 0 Å². The molecular weight excluding hydrogens is 190 g/mol. The zero-order valence-corrected chi connectivity index (χ0v) is 10.5. The molecule has 0 heterocycles. The number of likely N-dealkylation sites (N-methyl/N-ethyl adjacent to an activating group) is 2. The van der Waals surface area contributed by atoms with E-state index in [0.717, 1.165) is 26.2 Å². The molecule has 0 bridgehead atoms. The quantitative estimate of drug-likeness (QED) is 0.578. The molecule has 0 spiro atoms. The highest BCUT2D eigenvalue weighted by Crippen LogP contribution is 1.87. The maximum Gasteiger partial charge on any atom is 0.234 e. The molecule has 4 heteroatoms. The van der Waals surface area contributed by atoms with E-state index in [1.807, 2.05) is 13.8 Å². The first-order valence-electron chi connectivity index (χ1n) is 5.82.